The van der Waals surface area contributed by atoms with Gasteiger partial charge in [-0.2, -0.15) is 0 Å². The molecule has 104 valence electrons. The highest BCUT2D eigenvalue weighted by atomic mass is 16.6. The largest absolute Gasteiger partial charge is 0.351 e. The number of nitrogens with one attached hydrogen (secondary N) is 1. The van der Waals surface area contributed by atoms with Gasteiger partial charge in [-0.15, -0.1) is 5.10 Å². The summed E-state index contributed by atoms with van der Waals surface area (Å²) in [6.45, 7) is 3.98. The summed E-state index contributed by atoms with van der Waals surface area (Å²) >= 11 is 0. The molecule has 0 saturated carbocycles. The van der Waals surface area contributed by atoms with Gasteiger partial charge in [0, 0.05) is 18.7 Å². The maximum atomic E-state index is 11.8. The smallest absolute Gasteiger partial charge is 0.273 e. The number of nitrogens with zero attached hydrogens (tertiary/aromatic N) is 4. The SMILES string of the molecule is CCNC(=O)c1nnn(-c2cccc([N+](=O)[O-])c2)c1C. The number of hydrogen-bond acceptors (Lipinski definition) is 5. The second-order valence-corrected chi connectivity index (χ2v) is 4.07. The van der Waals surface area contributed by atoms with Crippen molar-refractivity contribution in [3.05, 3.63) is 45.8 Å². The van der Waals surface area contributed by atoms with Crippen molar-refractivity contribution in [2.75, 3.05) is 6.54 Å². The fraction of sp³-hybridized carbons (Fsp3) is 0.250. The number of benzene rings is 1. The molecule has 1 aromatic heterocycles. The lowest BCUT2D eigenvalue weighted by molar-refractivity contribution is -0.384. The Morgan fingerprint density at radius 3 is 2.90 bits per heavy atom. The summed E-state index contributed by atoms with van der Waals surface area (Å²) < 4.78 is 1.40. The van der Waals surface area contributed by atoms with Crippen LogP contribution in [0.5, 0.6) is 0 Å². The molecule has 1 aromatic carbocycles. The third-order valence-electron chi connectivity index (χ3n) is 2.73. The van der Waals surface area contributed by atoms with Gasteiger partial charge >= 0.3 is 0 Å². The lowest BCUT2D eigenvalue weighted by Gasteiger charge is -2.03. The van der Waals surface area contributed by atoms with E-state index in [1.807, 2.05) is 0 Å². The van der Waals surface area contributed by atoms with Crippen molar-refractivity contribution < 1.29 is 9.72 Å². The molecule has 0 atom stereocenters. The van der Waals surface area contributed by atoms with Gasteiger partial charge in [-0.1, -0.05) is 11.3 Å². The van der Waals surface area contributed by atoms with Crippen molar-refractivity contribution in [2.45, 2.75) is 13.8 Å². The van der Waals surface area contributed by atoms with Gasteiger partial charge in [-0.3, -0.25) is 14.9 Å². The van der Waals surface area contributed by atoms with Crippen molar-refractivity contribution in [2.24, 2.45) is 0 Å². The molecule has 0 fully saturated rings. The molecule has 20 heavy (non-hydrogen) atoms. The molecule has 2 rings (SSSR count). The molecule has 0 spiro atoms. The Kier molecular flexibility index (Phi) is 3.74. The molecule has 0 aliphatic carbocycles. The van der Waals surface area contributed by atoms with Crippen LogP contribution in [-0.2, 0) is 0 Å². The van der Waals surface area contributed by atoms with Crippen LogP contribution < -0.4 is 5.32 Å². The molecule has 8 nitrogen and oxygen atoms in total. The van der Waals surface area contributed by atoms with Gasteiger partial charge < -0.3 is 5.32 Å². The third kappa shape index (κ3) is 2.48. The lowest BCUT2D eigenvalue weighted by atomic mass is 10.2. The number of carbonyl (C=O) groups excluding carboxylic acids is 1. The van der Waals surface area contributed by atoms with E-state index in [4.69, 9.17) is 0 Å². The van der Waals surface area contributed by atoms with E-state index in [0.29, 0.717) is 17.9 Å². The molecular formula is C12H13N5O3. The third-order valence-corrected chi connectivity index (χ3v) is 2.73. The number of carbonyl (C=O) groups is 1. The molecule has 1 heterocycles. The number of non-ortho nitro benzene ring substituents is 1. The molecule has 1 N–H and O–H groups in total. The minimum absolute atomic E-state index is 0.0445. The molecule has 0 bridgehead atoms. The minimum Gasteiger partial charge on any atom is -0.351 e. The quantitative estimate of drug-likeness (QED) is 0.667. The zero-order chi connectivity index (χ0) is 14.7. The predicted octanol–water partition coefficient (Wildman–Crippen LogP) is 1.23. The maximum Gasteiger partial charge on any atom is 0.273 e. The van der Waals surface area contributed by atoms with Crippen LogP contribution in [0, 0.1) is 17.0 Å². The number of hydrogen-bond donors (Lipinski definition) is 1. The predicted molar refractivity (Wildman–Crippen MR) is 70.8 cm³/mol. The van der Waals surface area contributed by atoms with Crippen molar-refractivity contribution in [1.82, 2.24) is 20.3 Å². The summed E-state index contributed by atoms with van der Waals surface area (Å²) in [6.07, 6.45) is 0. The number of aromatic nitrogens is 3. The van der Waals surface area contributed by atoms with Crippen molar-refractivity contribution in [1.29, 1.82) is 0 Å². The molecule has 0 aliphatic rings. The first-order valence-electron chi connectivity index (χ1n) is 6.00. The fourth-order valence-electron chi connectivity index (χ4n) is 1.77. The normalized spacial score (nSPS) is 10.3. The fourth-order valence-corrected chi connectivity index (χ4v) is 1.77. The lowest BCUT2D eigenvalue weighted by Crippen LogP contribution is -2.24. The Morgan fingerprint density at radius 2 is 2.25 bits per heavy atom. The van der Waals surface area contributed by atoms with Gasteiger partial charge in [-0.25, -0.2) is 4.68 Å². The van der Waals surface area contributed by atoms with Crippen LogP contribution in [0.25, 0.3) is 5.69 Å². The molecule has 2 aromatic rings. The molecule has 0 unspecified atom stereocenters. The van der Waals surface area contributed by atoms with Gasteiger partial charge in [0.1, 0.15) is 0 Å². The Balaban J connectivity index is 2.42. The summed E-state index contributed by atoms with van der Waals surface area (Å²) in [6, 6.07) is 5.99. The highest BCUT2D eigenvalue weighted by molar-refractivity contribution is 5.93. The zero-order valence-corrected chi connectivity index (χ0v) is 11.0. The van der Waals surface area contributed by atoms with Crippen molar-refractivity contribution >= 4 is 11.6 Å². The summed E-state index contributed by atoms with van der Waals surface area (Å²) in [5.74, 6) is -0.318. The Morgan fingerprint density at radius 1 is 1.50 bits per heavy atom. The van der Waals surface area contributed by atoms with Crippen LogP contribution in [0.2, 0.25) is 0 Å². The topological polar surface area (TPSA) is 103 Å². The average Bonchev–Trinajstić information content (AvgIpc) is 2.81. The van der Waals surface area contributed by atoms with E-state index in [2.05, 4.69) is 15.6 Å². The van der Waals surface area contributed by atoms with Crippen LogP contribution in [0.4, 0.5) is 5.69 Å². The standard InChI is InChI=1S/C12H13N5O3/c1-3-13-12(18)11-8(2)16(15-14-11)9-5-4-6-10(7-9)17(19)20/h4-7H,3H2,1-2H3,(H,13,18). The first-order valence-corrected chi connectivity index (χ1v) is 6.00. The van der Waals surface area contributed by atoms with Gasteiger partial charge in [0.25, 0.3) is 11.6 Å². The first kappa shape index (κ1) is 13.7. The number of nitro groups is 1. The van der Waals surface area contributed by atoms with Crippen molar-refractivity contribution in [3.8, 4) is 5.69 Å². The maximum absolute atomic E-state index is 11.8. The second-order valence-electron chi connectivity index (χ2n) is 4.07. The molecule has 0 saturated heterocycles. The number of amides is 1. The monoisotopic (exact) mass is 275 g/mol. The van der Waals surface area contributed by atoms with E-state index < -0.39 is 4.92 Å². The second kappa shape index (κ2) is 5.47. The highest BCUT2D eigenvalue weighted by Gasteiger charge is 2.17. The number of rotatable bonds is 4. The molecule has 0 radical (unpaired) electrons. The summed E-state index contributed by atoms with van der Waals surface area (Å²) in [5.41, 5.74) is 1.17. The van der Waals surface area contributed by atoms with E-state index in [0.717, 1.165) is 0 Å². The van der Waals surface area contributed by atoms with Gasteiger partial charge in [0.2, 0.25) is 0 Å². The van der Waals surface area contributed by atoms with Crippen LogP contribution >= 0.6 is 0 Å². The van der Waals surface area contributed by atoms with Crippen molar-refractivity contribution in [3.63, 3.8) is 0 Å². The van der Waals surface area contributed by atoms with Gasteiger partial charge in [-0.05, 0) is 19.9 Å². The Labute approximate surface area is 114 Å². The van der Waals surface area contributed by atoms with Crippen LogP contribution in [0.3, 0.4) is 0 Å². The molecule has 0 aliphatic heterocycles. The van der Waals surface area contributed by atoms with Gasteiger partial charge in [0.05, 0.1) is 16.3 Å². The average molecular weight is 275 g/mol. The number of nitro benzene ring substituents is 1. The summed E-state index contributed by atoms with van der Waals surface area (Å²) in [5, 5.41) is 21.1. The van der Waals surface area contributed by atoms with E-state index in [9.17, 15) is 14.9 Å². The Bertz CT molecular complexity index is 665. The van der Waals surface area contributed by atoms with E-state index in [1.165, 1.54) is 16.8 Å². The van der Waals surface area contributed by atoms with E-state index in [-0.39, 0.29) is 17.3 Å². The minimum atomic E-state index is -0.486. The molecule has 1 amide bonds. The summed E-state index contributed by atoms with van der Waals surface area (Å²) in [7, 11) is 0. The van der Waals surface area contributed by atoms with E-state index in [1.54, 1.807) is 26.0 Å². The summed E-state index contributed by atoms with van der Waals surface area (Å²) in [4.78, 5) is 22.0. The first-order chi connectivity index (χ1) is 9.54. The van der Waals surface area contributed by atoms with Crippen LogP contribution in [0.15, 0.2) is 24.3 Å². The Hall–Kier alpha value is -2.77. The zero-order valence-electron chi connectivity index (χ0n) is 11.0. The van der Waals surface area contributed by atoms with E-state index >= 15 is 0 Å². The van der Waals surface area contributed by atoms with Crippen LogP contribution in [-0.4, -0.2) is 32.4 Å². The molecular weight excluding hydrogens is 262 g/mol. The molecule has 8 heteroatoms. The highest BCUT2D eigenvalue weighted by Crippen LogP contribution is 2.18. The van der Waals surface area contributed by atoms with Gasteiger partial charge in [0.15, 0.2) is 5.69 Å². The van der Waals surface area contributed by atoms with Crippen LogP contribution in [0.1, 0.15) is 23.1 Å².